The molecule has 45 heavy (non-hydrogen) atoms. The third-order valence-electron chi connectivity index (χ3n) is 11.2. The number of aromatic amines is 1. The lowest BCUT2D eigenvalue weighted by Crippen LogP contribution is -2.71. The third kappa shape index (κ3) is 4.08. The van der Waals surface area contributed by atoms with Crippen LogP contribution in [0.1, 0.15) is 55.7 Å². The van der Waals surface area contributed by atoms with E-state index in [9.17, 15) is 19.5 Å². The van der Waals surface area contributed by atoms with Gasteiger partial charge < -0.3 is 25.2 Å². The quantitative estimate of drug-likeness (QED) is 0.409. The van der Waals surface area contributed by atoms with Crippen molar-refractivity contribution in [1.82, 2.24) is 25.0 Å². The number of carbonyl (C=O) groups excluding carboxylic acids is 3. The molecule has 0 bridgehead atoms. The molecule has 236 valence electrons. The summed E-state index contributed by atoms with van der Waals surface area (Å²) in [4.78, 5) is 51.4. The topological polar surface area (TPSA) is 118 Å². The van der Waals surface area contributed by atoms with Gasteiger partial charge >= 0.3 is 0 Å². The number of nitrogens with one attached hydrogen (secondary N) is 2. The van der Waals surface area contributed by atoms with Gasteiger partial charge in [-0.3, -0.25) is 24.0 Å². The van der Waals surface area contributed by atoms with Gasteiger partial charge in [-0.05, 0) is 55.5 Å². The molecule has 5 heterocycles. The number of piperidine rings is 1. The van der Waals surface area contributed by atoms with E-state index in [2.05, 4.69) is 46.6 Å². The van der Waals surface area contributed by atoms with E-state index in [4.69, 9.17) is 4.74 Å². The number of H-pyrrole nitrogens is 1. The van der Waals surface area contributed by atoms with Gasteiger partial charge in [-0.2, -0.15) is 0 Å². The zero-order chi connectivity index (χ0) is 31.2. The van der Waals surface area contributed by atoms with Crippen LogP contribution in [0.25, 0.3) is 10.9 Å². The van der Waals surface area contributed by atoms with E-state index in [1.807, 2.05) is 44.2 Å². The number of aliphatic hydroxyl groups is 1. The van der Waals surface area contributed by atoms with Crippen molar-refractivity contribution in [2.45, 2.75) is 81.6 Å². The molecule has 0 unspecified atom stereocenters. The van der Waals surface area contributed by atoms with Crippen LogP contribution in [-0.4, -0.2) is 92.4 Å². The molecule has 0 saturated carbocycles. The van der Waals surface area contributed by atoms with Crippen molar-refractivity contribution in [3.63, 3.8) is 0 Å². The summed E-state index contributed by atoms with van der Waals surface area (Å²) in [7, 11) is 2.07. The highest BCUT2D eigenvalue weighted by Gasteiger charge is 2.72. The number of ether oxygens (including phenoxy) is 1. The van der Waals surface area contributed by atoms with Crippen LogP contribution < -0.4 is 5.32 Å². The Morgan fingerprint density at radius 1 is 1.16 bits per heavy atom. The molecule has 10 nitrogen and oxygen atoms in total. The summed E-state index contributed by atoms with van der Waals surface area (Å²) < 4.78 is 6.51. The zero-order valence-electron chi connectivity index (χ0n) is 26.0. The number of hydrogen-bond acceptors (Lipinski definition) is 6. The van der Waals surface area contributed by atoms with Crippen LogP contribution >= 0.6 is 0 Å². The van der Waals surface area contributed by atoms with Gasteiger partial charge in [0.1, 0.15) is 12.1 Å². The van der Waals surface area contributed by atoms with E-state index in [-0.39, 0.29) is 30.2 Å². The number of likely N-dealkylation sites (N-methyl/N-ethyl adjacent to an activating group) is 1. The number of amides is 3. The van der Waals surface area contributed by atoms with Crippen LogP contribution in [0.3, 0.4) is 0 Å². The highest BCUT2D eigenvalue weighted by molar-refractivity contribution is 5.98. The van der Waals surface area contributed by atoms with Crippen molar-refractivity contribution in [3.8, 4) is 0 Å². The second kappa shape index (κ2) is 10.1. The van der Waals surface area contributed by atoms with E-state index in [0.717, 1.165) is 17.5 Å². The number of piperazine rings is 1. The Morgan fingerprint density at radius 3 is 2.73 bits per heavy atom. The molecule has 2 aromatic carbocycles. The number of hydrogen-bond donors (Lipinski definition) is 3. The number of rotatable bonds is 5. The van der Waals surface area contributed by atoms with Gasteiger partial charge in [0.2, 0.25) is 17.5 Å². The van der Waals surface area contributed by atoms with Crippen molar-refractivity contribution in [2.24, 2.45) is 11.8 Å². The summed E-state index contributed by atoms with van der Waals surface area (Å²) in [6.07, 6.45) is 5.12. The van der Waals surface area contributed by atoms with Crippen molar-refractivity contribution in [2.75, 3.05) is 20.1 Å². The first-order valence-electron chi connectivity index (χ1n) is 16.3. The maximum absolute atomic E-state index is 14.6. The van der Waals surface area contributed by atoms with E-state index in [1.54, 1.807) is 4.90 Å². The van der Waals surface area contributed by atoms with Gasteiger partial charge in [0.25, 0.3) is 11.8 Å². The maximum Gasteiger partial charge on any atom is 0.281 e. The van der Waals surface area contributed by atoms with Gasteiger partial charge in [0, 0.05) is 54.5 Å². The van der Waals surface area contributed by atoms with Crippen LogP contribution in [0.2, 0.25) is 0 Å². The molecule has 10 heteroatoms. The fraction of sp³-hybridized carbons (Fsp3) is 0.514. The minimum Gasteiger partial charge on any atom is -0.361 e. The smallest absolute Gasteiger partial charge is 0.281 e. The molecule has 7 atom stereocenters. The normalized spacial score (nSPS) is 34.3. The largest absolute Gasteiger partial charge is 0.361 e. The van der Waals surface area contributed by atoms with Crippen LogP contribution in [0.15, 0.2) is 54.7 Å². The number of carbonyl (C=O) groups is 3. The van der Waals surface area contributed by atoms with Crippen LogP contribution in [-0.2, 0) is 32.0 Å². The van der Waals surface area contributed by atoms with E-state index < -0.39 is 41.5 Å². The molecule has 1 aromatic heterocycles. The van der Waals surface area contributed by atoms with E-state index >= 15 is 0 Å². The molecule has 4 saturated heterocycles. The van der Waals surface area contributed by atoms with Gasteiger partial charge in [-0.25, -0.2) is 0 Å². The lowest BCUT2D eigenvalue weighted by Gasteiger charge is -2.48. The summed E-state index contributed by atoms with van der Waals surface area (Å²) in [5, 5.41) is 16.6. The Morgan fingerprint density at radius 2 is 1.96 bits per heavy atom. The third-order valence-corrected chi connectivity index (χ3v) is 11.2. The molecule has 3 amide bonds. The second-order valence-electron chi connectivity index (χ2n) is 14.0. The van der Waals surface area contributed by atoms with Crippen molar-refractivity contribution in [3.05, 3.63) is 71.4 Å². The average Bonchev–Trinajstić information content (AvgIpc) is 3.74. The molecule has 0 spiro atoms. The second-order valence-corrected chi connectivity index (χ2v) is 14.0. The fourth-order valence-corrected chi connectivity index (χ4v) is 8.99. The summed E-state index contributed by atoms with van der Waals surface area (Å²) in [5.41, 5.74) is 2.75. The average molecular weight is 612 g/mol. The standard InChI is InChI=1S/C35H41N5O5/c1-20(2)34(37-31(41)23-16-25-24-11-7-12-26-30(24)22(18-36-26)17-27(25)38(3)19-23)33(43)40-28(15-21-9-5-4-6-10-21)32(42)39-14-8-13-29(39)35(40,44)45-34/h4-7,9-12,18,20,23,25,27-29,36,44H,8,13-17,19H2,1-3H3,(H,37,41)/t23-,25-,27+,28-,29-,34+,35+/m1/s1. The lowest BCUT2D eigenvalue weighted by atomic mass is 9.72. The minimum atomic E-state index is -2.04. The SMILES string of the molecule is CC(C)[C@]1(NC(=O)[C@@H]2C[C@@H]3c4cccc5[nH]cc(c45)C[C@@H]3N(C)C2)O[C@@]2(O)[C@H]3CCCN3C(=O)[C@@H](Cc3ccccc3)N2C1=O. The first-order valence-corrected chi connectivity index (χ1v) is 16.3. The summed E-state index contributed by atoms with van der Waals surface area (Å²) in [5.74, 6) is -3.80. The molecular formula is C35H41N5O5. The Labute approximate surface area is 262 Å². The number of benzene rings is 2. The summed E-state index contributed by atoms with van der Waals surface area (Å²) >= 11 is 0. The van der Waals surface area contributed by atoms with Crippen molar-refractivity contribution >= 4 is 28.6 Å². The van der Waals surface area contributed by atoms with Gasteiger partial charge in [-0.15, -0.1) is 0 Å². The molecule has 0 radical (unpaired) electrons. The Hall–Kier alpha value is -3.73. The van der Waals surface area contributed by atoms with E-state index in [0.29, 0.717) is 32.4 Å². The molecule has 4 aliphatic heterocycles. The number of fused-ring (bicyclic) bond motifs is 5. The zero-order valence-corrected chi connectivity index (χ0v) is 26.0. The van der Waals surface area contributed by atoms with Crippen LogP contribution in [0.5, 0.6) is 0 Å². The number of nitrogens with zero attached hydrogens (tertiary/aromatic N) is 3. The molecule has 5 aliphatic rings. The van der Waals surface area contributed by atoms with Crippen LogP contribution in [0, 0.1) is 11.8 Å². The monoisotopic (exact) mass is 611 g/mol. The molecule has 3 aromatic rings. The molecule has 8 rings (SSSR count). The predicted octanol–water partition coefficient (Wildman–Crippen LogP) is 2.72. The highest BCUT2D eigenvalue weighted by atomic mass is 16.7. The first-order chi connectivity index (χ1) is 21.6. The summed E-state index contributed by atoms with van der Waals surface area (Å²) in [6, 6.07) is 14.5. The minimum absolute atomic E-state index is 0.164. The van der Waals surface area contributed by atoms with Crippen LogP contribution in [0.4, 0.5) is 0 Å². The van der Waals surface area contributed by atoms with Gasteiger partial charge in [0.05, 0.1) is 5.92 Å². The number of likely N-dealkylation sites (tertiary alicyclic amines) is 1. The fourth-order valence-electron chi connectivity index (χ4n) is 8.99. The molecule has 3 N–H and O–H groups in total. The Kier molecular flexibility index (Phi) is 6.47. The Balaban J connectivity index is 1.12. The predicted molar refractivity (Wildman–Crippen MR) is 167 cm³/mol. The molecule has 1 aliphatic carbocycles. The van der Waals surface area contributed by atoms with Crippen molar-refractivity contribution < 1.29 is 24.2 Å². The van der Waals surface area contributed by atoms with Crippen molar-refractivity contribution in [1.29, 1.82) is 0 Å². The summed E-state index contributed by atoms with van der Waals surface area (Å²) in [6.45, 7) is 4.68. The Bertz CT molecular complexity index is 1690. The molecular weight excluding hydrogens is 570 g/mol. The maximum atomic E-state index is 14.6. The highest BCUT2D eigenvalue weighted by Crippen LogP contribution is 2.49. The number of aromatic nitrogens is 1. The van der Waals surface area contributed by atoms with E-state index in [1.165, 1.54) is 21.4 Å². The van der Waals surface area contributed by atoms with Gasteiger partial charge in [0.15, 0.2) is 0 Å². The first kappa shape index (κ1) is 28.7. The molecule has 4 fully saturated rings. The van der Waals surface area contributed by atoms with Gasteiger partial charge in [-0.1, -0.05) is 56.3 Å². The lowest BCUT2D eigenvalue weighted by molar-refractivity contribution is -0.321.